The molecule has 1 saturated carbocycles. The van der Waals surface area contributed by atoms with Gasteiger partial charge in [0.2, 0.25) is 0 Å². The van der Waals surface area contributed by atoms with Crippen molar-refractivity contribution in [2.24, 2.45) is 4.99 Å². The van der Waals surface area contributed by atoms with E-state index >= 15 is 0 Å². The van der Waals surface area contributed by atoms with Crippen molar-refractivity contribution in [2.75, 3.05) is 20.7 Å². The standard InChI is InChI=1S/C21H27N3O.HI/c1-16-6-4-5-7-19(16)21(12-13-21)15-24-20(22-2)23-14-17-8-10-18(25-3)11-9-17;/h4-11H,12-15H2,1-3H3,(H2,22,23,24);1H. The molecule has 2 aromatic carbocycles. The van der Waals surface area contributed by atoms with Gasteiger partial charge in [0.05, 0.1) is 7.11 Å². The Labute approximate surface area is 173 Å². The maximum atomic E-state index is 5.19. The predicted molar refractivity (Wildman–Crippen MR) is 119 cm³/mol. The number of methoxy groups -OCH3 is 1. The molecule has 4 nitrogen and oxygen atoms in total. The minimum atomic E-state index is 0. The topological polar surface area (TPSA) is 45.7 Å². The van der Waals surface area contributed by atoms with Crippen molar-refractivity contribution < 1.29 is 4.74 Å². The number of nitrogens with zero attached hydrogens (tertiary/aromatic N) is 1. The van der Waals surface area contributed by atoms with E-state index in [-0.39, 0.29) is 29.4 Å². The van der Waals surface area contributed by atoms with Crippen molar-refractivity contribution in [1.29, 1.82) is 0 Å². The average Bonchev–Trinajstić information content (AvgIpc) is 3.43. The predicted octanol–water partition coefficient (Wildman–Crippen LogP) is 4.02. The third-order valence-electron chi connectivity index (χ3n) is 5.01. The molecular formula is C21H28IN3O. The number of benzene rings is 2. The van der Waals surface area contributed by atoms with Gasteiger partial charge in [-0.3, -0.25) is 4.99 Å². The molecule has 2 N–H and O–H groups in total. The Bertz CT molecular complexity index is 739. The summed E-state index contributed by atoms with van der Waals surface area (Å²) in [4.78, 5) is 4.35. The second kappa shape index (κ2) is 9.26. The van der Waals surface area contributed by atoms with Crippen molar-refractivity contribution >= 4 is 29.9 Å². The van der Waals surface area contributed by atoms with Crippen molar-refractivity contribution in [3.8, 4) is 5.75 Å². The van der Waals surface area contributed by atoms with Crippen LogP contribution in [0.25, 0.3) is 0 Å². The van der Waals surface area contributed by atoms with Gasteiger partial charge in [0.1, 0.15) is 5.75 Å². The summed E-state index contributed by atoms with van der Waals surface area (Å²) in [6, 6.07) is 16.8. The summed E-state index contributed by atoms with van der Waals surface area (Å²) in [6.45, 7) is 3.85. The zero-order valence-electron chi connectivity index (χ0n) is 15.7. The van der Waals surface area contributed by atoms with Crippen LogP contribution in [0.4, 0.5) is 0 Å². The smallest absolute Gasteiger partial charge is 0.191 e. The number of rotatable bonds is 6. The maximum Gasteiger partial charge on any atom is 0.191 e. The largest absolute Gasteiger partial charge is 0.497 e. The highest BCUT2D eigenvalue weighted by Gasteiger charge is 2.44. The Morgan fingerprint density at radius 3 is 2.35 bits per heavy atom. The summed E-state index contributed by atoms with van der Waals surface area (Å²) in [5, 5.41) is 6.89. The molecule has 0 aromatic heterocycles. The molecule has 0 radical (unpaired) electrons. The van der Waals surface area contributed by atoms with E-state index in [1.165, 1.54) is 29.5 Å². The van der Waals surface area contributed by atoms with Crippen molar-refractivity contribution in [3.05, 3.63) is 65.2 Å². The van der Waals surface area contributed by atoms with Crippen LogP contribution in [0, 0.1) is 6.92 Å². The van der Waals surface area contributed by atoms with E-state index in [4.69, 9.17) is 4.74 Å². The molecule has 0 aliphatic heterocycles. The molecule has 0 heterocycles. The number of hydrogen-bond acceptors (Lipinski definition) is 2. The van der Waals surface area contributed by atoms with Crippen LogP contribution < -0.4 is 15.4 Å². The number of hydrogen-bond donors (Lipinski definition) is 2. The van der Waals surface area contributed by atoms with Crippen LogP contribution in [0.1, 0.15) is 29.5 Å². The molecule has 26 heavy (non-hydrogen) atoms. The lowest BCUT2D eigenvalue weighted by Crippen LogP contribution is -2.41. The quantitative estimate of drug-likeness (QED) is 0.385. The van der Waals surface area contributed by atoms with Crippen molar-refractivity contribution in [2.45, 2.75) is 31.7 Å². The lowest BCUT2D eigenvalue weighted by Gasteiger charge is -2.20. The molecule has 0 atom stereocenters. The van der Waals surface area contributed by atoms with Crippen LogP contribution >= 0.6 is 24.0 Å². The molecule has 5 heteroatoms. The second-order valence-electron chi connectivity index (χ2n) is 6.72. The van der Waals surface area contributed by atoms with Gasteiger partial charge in [0.25, 0.3) is 0 Å². The number of guanidine groups is 1. The van der Waals surface area contributed by atoms with Crippen molar-refractivity contribution in [1.82, 2.24) is 10.6 Å². The van der Waals surface area contributed by atoms with Crippen LogP contribution in [0.3, 0.4) is 0 Å². The summed E-state index contributed by atoms with van der Waals surface area (Å²) < 4.78 is 5.19. The first-order valence-electron chi connectivity index (χ1n) is 8.80. The molecule has 0 unspecified atom stereocenters. The Morgan fingerprint density at radius 1 is 1.08 bits per heavy atom. The van der Waals surface area contributed by atoms with Crippen molar-refractivity contribution in [3.63, 3.8) is 0 Å². The summed E-state index contributed by atoms with van der Waals surface area (Å²) >= 11 is 0. The number of ether oxygens (including phenoxy) is 1. The fourth-order valence-electron chi connectivity index (χ4n) is 3.26. The van der Waals surface area contributed by atoms with Crippen LogP contribution in [-0.2, 0) is 12.0 Å². The van der Waals surface area contributed by atoms with Gasteiger partial charge in [-0.25, -0.2) is 0 Å². The molecule has 0 amide bonds. The van der Waals surface area contributed by atoms with Gasteiger partial charge in [0.15, 0.2) is 5.96 Å². The summed E-state index contributed by atoms with van der Waals surface area (Å²) in [5.74, 6) is 1.72. The first-order chi connectivity index (χ1) is 12.2. The zero-order chi connectivity index (χ0) is 17.7. The van der Waals surface area contributed by atoms with E-state index in [0.29, 0.717) is 0 Å². The van der Waals surface area contributed by atoms with E-state index in [0.717, 1.165) is 24.8 Å². The molecule has 140 valence electrons. The van der Waals surface area contributed by atoms with Gasteiger partial charge in [-0.05, 0) is 48.6 Å². The minimum Gasteiger partial charge on any atom is -0.497 e. The molecule has 1 aliphatic rings. The van der Waals surface area contributed by atoms with Gasteiger partial charge >= 0.3 is 0 Å². The fourth-order valence-corrected chi connectivity index (χ4v) is 3.26. The molecule has 0 saturated heterocycles. The fraction of sp³-hybridized carbons (Fsp3) is 0.381. The second-order valence-corrected chi connectivity index (χ2v) is 6.72. The maximum absolute atomic E-state index is 5.19. The number of aryl methyl sites for hydroxylation is 1. The molecule has 2 aromatic rings. The lowest BCUT2D eigenvalue weighted by molar-refractivity contribution is 0.414. The minimum absolute atomic E-state index is 0. The van der Waals surface area contributed by atoms with Gasteiger partial charge in [-0.15, -0.1) is 24.0 Å². The Morgan fingerprint density at radius 2 is 1.77 bits per heavy atom. The average molecular weight is 465 g/mol. The third-order valence-corrected chi connectivity index (χ3v) is 5.01. The van der Waals surface area contributed by atoms with E-state index < -0.39 is 0 Å². The Kier molecular flexibility index (Phi) is 7.32. The molecular weight excluding hydrogens is 437 g/mol. The SMILES string of the molecule is CN=C(NCc1ccc(OC)cc1)NCC1(c2ccccc2C)CC1.I. The van der Waals surface area contributed by atoms with Gasteiger partial charge in [-0.1, -0.05) is 36.4 Å². The first-order valence-corrected chi connectivity index (χ1v) is 8.80. The molecule has 3 rings (SSSR count). The zero-order valence-corrected chi connectivity index (χ0v) is 18.0. The molecule has 1 aliphatic carbocycles. The normalized spacial score (nSPS) is 15.0. The number of aliphatic imine (C=N–C) groups is 1. The van der Waals surface area contributed by atoms with Gasteiger partial charge in [-0.2, -0.15) is 0 Å². The Balaban J connectivity index is 0.00000243. The van der Waals surface area contributed by atoms with Crippen LogP contribution in [0.15, 0.2) is 53.5 Å². The summed E-state index contributed by atoms with van der Waals surface area (Å²) in [7, 11) is 3.50. The van der Waals surface area contributed by atoms with Gasteiger partial charge < -0.3 is 15.4 Å². The van der Waals surface area contributed by atoms with Crippen LogP contribution in [0.5, 0.6) is 5.75 Å². The third kappa shape index (κ3) is 4.90. The van der Waals surface area contributed by atoms with E-state index in [9.17, 15) is 0 Å². The molecule has 0 bridgehead atoms. The summed E-state index contributed by atoms with van der Waals surface area (Å²) in [5.41, 5.74) is 4.31. The van der Waals surface area contributed by atoms with E-state index in [2.05, 4.69) is 58.9 Å². The van der Waals surface area contributed by atoms with Gasteiger partial charge in [0, 0.05) is 25.6 Å². The Hall–Kier alpha value is -1.76. The number of nitrogens with one attached hydrogen (secondary N) is 2. The highest BCUT2D eigenvalue weighted by Crippen LogP contribution is 2.48. The van der Waals surface area contributed by atoms with E-state index in [1.54, 1.807) is 7.11 Å². The lowest BCUT2D eigenvalue weighted by atomic mass is 9.92. The summed E-state index contributed by atoms with van der Waals surface area (Å²) in [6.07, 6.45) is 2.47. The first kappa shape index (κ1) is 20.6. The molecule has 0 spiro atoms. The molecule has 1 fully saturated rings. The highest BCUT2D eigenvalue weighted by molar-refractivity contribution is 14.0. The van der Waals surface area contributed by atoms with Crippen LogP contribution in [-0.4, -0.2) is 26.7 Å². The van der Waals surface area contributed by atoms with Crippen LogP contribution in [0.2, 0.25) is 0 Å². The monoisotopic (exact) mass is 465 g/mol. The van der Waals surface area contributed by atoms with E-state index in [1.807, 2.05) is 19.2 Å². The highest BCUT2D eigenvalue weighted by atomic mass is 127. The number of halogens is 1.